The molecule has 0 aliphatic carbocycles. The molecule has 0 aliphatic rings. The summed E-state index contributed by atoms with van der Waals surface area (Å²) in [4.78, 5) is 19.2. The summed E-state index contributed by atoms with van der Waals surface area (Å²) in [7, 11) is -4.08. The van der Waals surface area contributed by atoms with Crippen LogP contribution in [0.2, 0.25) is 0 Å². The van der Waals surface area contributed by atoms with Crippen LogP contribution in [0.4, 0.5) is 5.69 Å². The number of hydrogen-bond donors (Lipinski definition) is 3. The number of carboxylic acids is 1. The molecule has 4 aromatic rings. The number of fused-ring (bicyclic) bond motifs is 1. The molecule has 0 amide bonds. The topological polar surface area (TPSA) is 163 Å². The number of ether oxygens (including phenoxy) is 3. The minimum Gasteiger partial charge on any atom is -0.491 e. The number of nitrogens with zero attached hydrogens (tertiary/aromatic N) is 2. The van der Waals surface area contributed by atoms with Crippen molar-refractivity contribution in [2.24, 2.45) is 5.73 Å². The lowest BCUT2D eigenvalue weighted by atomic mass is 10.1. The molecule has 4 N–H and O–H groups in total. The second-order valence-electron chi connectivity index (χ2n) is 8.49. The summed E-state index contributed by atoms with van der Waals surface area (Å²) < 4.78 is 46.2. The van der Waals surface area contributed by atoms with Crippen molar-refractivity contribution in [2.75, 3.05) is 44.3 Å². The van der Waals surface area contributed by atoms with Crippen molar-refractivity contribution in [1.29, 1.82) is 0 Å². The normalized spacial score (nSPS) is 11.0. The molecule has 11 nitrogen and oxygen atoms in total. The highest BCUT2D eigenvalue weighted by Crippen LogP contribution is 2.27. The van der Waals surface area contributed by atoms with E-state index in [4.69, 9.17) is 25.1 Å². The van der Waals surface area contributed by atoms with E-state index in [2.05, 4.69) is 26.5 Å². The van der Waals surface area contributed by atoms with Crippen LogP contribution in [0, 0.1) is 11.8 Å². The first-order valence-electron chi connectivity index (χ1n) is 12.6. The summed E-state index contributed by atoms with van der Waals surface area (Å²) in [5, 5.41) is 9.73. The zero-order valence-corrected chi connectivity index (χ0v) is 22.8. The molecule has 0 unspecified atom stereocenters. The lowest BCUT2D eigenvalue weighted by Gasteiger charge is -2.14. The van der Waals surface area contributed by atoms with Crippen molar-refractivity contribution < 1.29 is 32.5 Å². The van der Waals surface area contributed by atoms with Crippen molar-refractivity contribution in [1.82, 2.24) is 9.97 Å². The van der Waals surface area contributed by atoms with Crippen molar-refractivity contribution in [3.8, 4) is 17.6 Å². The van der Waals surface area contributed by atoms with Gasteiger partial charge in [0.15, 0.2) is 0 Å². The van der Waals surface area contributed by atoms with Crippen LogP contribution >= 0.6 is 0 Å². The molecule has 0 fully saturated rings. The van der Waals surface area contributed by atoms with Crippen molar-refractivity contribution in [3.63, 3.8) is 0 Å². The number of carbonyl (C=O) groups is 1. The van der Waals surface area contributed by atoms with Gasteiger partial charge in [0.05, 0.1) is 37.6 Å². The number of sulfonamides is 1. The second-order valence-corrected chi connectivity index (χ2v) is 10.1. The smallest absolute Gasteiger partial charge is 0.354 e. The highest BCUT2D eigenvalue weighted by molar-refractivity contribution is 7.93. The number of pyridine rings is 2. The Balaban J connectivity index is 1.57. The quantitative estimate of drug-likeness (QED) is 0.159. The number of para-hydroxylation sites is 1. The average Bonchev–Trinajstić information content (AvgIpc) is 2.97. The maximum atomic E-state index is 13.5. The standard InChI is InChI=1S/C29H28N4O7S/c30-12-14-38-15-16-39-17-18-40-24-10-9-22(8-6-21-7-11-25(29(34)35)32-20-21)26(19-24)33-41(36,37)27-5-1-3-23-4-2-13-31-28(23)27/h1-5,7,9-11,13,19-20,33H,12,14-18,30H2,(H,34,35). The molecule has 2 aromatic carbocycles. The third-order valence-electron chi connectivity index (χ3n) is 5.58. The number of carboxylic acid groups (broad SMARTS) is 1. The summed E-state index contributed by atoms with van der Waals surface area (Å²) in [6.45, 7) is 2.25. The Labute approximate surface area is 237 Å². The zero-order valence-electron chi connectivity index (χ0n) is 21.9. The second kappa shape index (κ2) is 14.2. The molecule has 4 rings (SSSR count). The van der Waals surface area contributed by atoms with E-state index in [0.29, 0.717) is 60.8 Å². The number of nitrogens with one attached hydrogen (secondary N) is 1. The van der Waals surface area contributed by atoms with Crippen LogP contribution in [0.15, 0.2) is 78.0 Å². The summed E-state index contributed by atoms with van der Waals surface area (Å²) in [6, 6.07) is 16.1. The number of aromatic carboxylic acids is 1. The van der Waals surface area contributed by atoms with Gasteiger partial charge in [-0.3, -0.25) is 9.71 Å². The van der Waals surface area contributed by atoms with Gasteiger partial charge in [-0.05, 0) is 36.4 Å². The van der Waals surface area contributed by atoms with Gasteiger partial charge in [0, 0.05) is 41.5 Å². The molecule has 0 bridgehead atoms. The first-order valence-corrected chi connectivity index (χ1v) is 14.1. The fourth-order valence-electron chi connectivity index (χ4n) is 3.66. The molecule has 0 spiro atoms. The largest absolute Gasteiger partial charge is 0.491 e. The number of anilines is 1. The zero-order chi connectivity index (χ0) is 29.1. The Morgan fingerprint density at radius 2 is 1.71 bits per heavy atom. The van der Waals surface area contributed by atoms with Gasteiger partial charge in [-0.15, -0.1) is 0 Å². The van der Waals surface area contributed by atoms with Gasteiger partial charge in [-0.2, -0.15) is 0 Å². The molecule has 0 radical (unpaired) electrons. The maximum Gasteiger partial charge on any atom is 0.354 e. The van der Waals surface area contributed by atoms with E-state index in [9.17, 15) is 13.2 Å². The first kappa shape index (κ1) is 29.4. The number of nitrogens with two attached hydrogens (primary N) is 1. The monoisotopic (exact) mass is 576 g/mol. The molecule has 0 saturated carbocycles. The van der Waals surface area contributed by atoms with Crippen LogP contribution in [-0.4, -0.2) is 69.0 Å². The molecular weight excluding hydrogens is 548 g/mol. The number of benzene rings is 2. The Kier molecular flexibility index (Phi) is 10.2. The average molecular weight is 577 g/mol. The van der Waals surface area contributed by atoms with E-state index in [1.54, 1.807) is 36.4 Å². The highest BCUT2D eigenvalue weighted by atomic mass is 32.2. The lowest BCUT2D eigenvalue weighted by Crippen LogP contribution is -2.15. The molecule has 12 heteroatoms. The van der Waals surface area contributed by atoms with Crippen LogP contribution in [0.5, 0.6) is 5.75 Å². The van der Waals surface area contributed by atoms with E-state index in [0.717, 1.165) is 0 Å². The Bertz CT molecular complexity index is 1660. The molecule has 2 aromatic heterocycles. The van der Waals surface area contributed by atoms with Crippen molar-refractivity contribution in [2.45, 2.75) is 4.90 Å². The van der Waals surface area contributed by atoms with Gasteiger partial charge in [0.2, 0.25) is 0 Å². The number of rotatable bonds is 13. The highest BCUT2D eigenvalue weighted by Gasteiger charge is 2.20. The molecule has 2 heterocycles. The fraction of sp³-hybridized carbons (Fsp3) is 0.207. The van der Waals surface area contributed by atoms with Crippen LogP contribution in [0.25, 0.3) is 10.9 Å². The van der Waals surface area contributed by atoms with Crippen LogP contribution < -0.4 is 15.2 Å². The Morgan fingerprint density at radius 1 is 0.927 bits per heavy atom. The van der Waals surface area contributed by atoms with E-state index in [-0.39, 0.29) is 22.9 Å². The molecule has 0 atom stereocenters. The van der Waals surface area contributed by atoms with Crippen molar-refractivity contribution in [3.05, 3.63) is 89.9 Å². The predicted octanol–water partition coefficient (Wildman–Crippen LogP) is 2.90. The van der Waals surface area contributed by atoms with E-state index < -0.39 is 16.0 Å². The summed E-state index contributed by atoms with van der Waals surface area (Å²) >= 11 is 0. The van der Waals surface area contributed by atoms with E-state index in [1.807, 2.05) is 0 Å². The number of hydrogen-bond acceptors (Lipinski definition) is 9. The van der Waals surface area contributed by atoms with Gasteiger partial charge >= 0.3 is 5.97 Å². The minimum absolute atomic E-state index is 0.0135. The Morgan fingerprint density at radius 3 is 2.46 bits per heavy atom. The fourth-order valence-corrected chi connectivity index (χ4v) is 4.91. The third kappa shape index (κ3) is 8.23. The van der Waals surface area contributed by atoms with Crippen molar-refractivity contribution >= 4 is 32.6 Å². The summed E-state index contributed by atoms with van der Waals surface area (Å²) in [6.07, 6.45) is 2.86. The number of aromatic nitrogens is 2. The lowest BCUT2D eigenvalue weighted by molar-refractivity contribution is 0.0388. The van der Waals surface area contributed by atoms with Crippen LogP contribution in [-0.2, 0) is 19.5 Å². The third-order valence-corrected chi connectivity index (χ3v) is 6.97. The van der Waals surface area contributed by atoms with Gasteiger partial charge < -0.3 is 25.1 Å². The van der Waals surface area contributed by atoms with E-state index >= 15 is 0 Å². The maximum absolute atomic E-state index is 13.5. The molecule has 212 valence electrons. The van der Waals surface area contributed by atoms with Gasteiger partial charge in [0.25, 0.3) is 10.0 Å². The first-order chi connectivity index (χ1) is 19.9. The molecular formula is C29H28N4O7S. The summed E-state index contributed by atoms with van der Waals surface area (Å²) in [5.41, 5.74) is 6.61. The van der Waals surface area contributed by atoms with Gasteiger partial charge in [-0.25, -0.2) is 18.2 Å². The van der Waals surface area contributed by atoms with Crippen LogP contribution in [0.1, 0.15) is 21.6 Å². The van der Waals surface area contributed by atoms with Gasteiger partial charge in [0.1, 0.15) is 22.9 Å². The van der Waals surface area contributed by atoms with Gasteiger partial charge in [-0.1, -0.05) is 30.0 Å². The molecule has 41 heavy (non-hydrogen) atoms. The van der Waals surface area contributed by atoms with Crippen LogP contribution in [0.3, 0.4) is 0 Å². The molecule has 0 saturated heterocycles. The molecule has 0 aliphatic heterocycles. The summed E-state index contributed by atoms with van der Waals surface area (Å²) in [5.74, 6) is 5.08. The SMILES string of the molecule is NCCOCCOCCOc1ccc(C#Cc2ccc(C(=O)O)nc2)c(NS(=O)(=O)c2cccc3cccnc23)c1. The predicted molar refractivity (Wildman–Crippen MR) is 152 cm³/mol. The minimum atomic E-state index is -4.08. The Hall–Kier alpha value is -4.54. The van der Waals surface area contributed by atoms with E-state index in [1.165, 1.54) is 36.7 Å².